The number of ether oxygens (including phenoxy) is 1. The first-order valence-corrected chi connectivity index (χ1v) is 12.2. The van der Waals surface area contributed by atoms with E-state index in [1.807, 2.05) is 18.6 Å². The van der Waals surface area contributed by atoms with Crippen molar-refractivity contribution in [2.24, 2.45) is 0 Å². The largest absolute Gasteiger partial charge is 0.446 e. The molecule has 2 aromatic rings. The third-order valence-corrected chi connectivity index (χ3v) is 5.59. The van der Waals surface area contributed by atoms with E-state index in [2.05, 4.69) is 20.8 Å². The van der Waals surface area contributed by atoms with Crippen molar-refractivity contribution < 1.29 is 31.1 Å². The van der Waals surface area contributed by atoms with Gasteiger partial charge in [-0.2, -0.15) is 18.3 Å². The van der Waals surface area contributed by atoms with Gasteiger partial charge in [-0.15, -0.1) is 0 Å². The van der Waals surface area contributed by atoms with Crippen molar-refractivity contribution in [2.75, 3.05) is 16.3 Å². The molecule has 33 heavy (non-hydrogen) atoms. The van der Waals surface area contributed by atoms with E-state index in [0.29, 0.717) is 18.7 Å². The zero-order chi connectivity index (χ0) is 24.4. The molecule has 1 aromatic heterocycles. The molecule has 13 heteroatoms. The van der Waals surface area contributed by atoms with Gasteiger partial charge >= 0.3 is 12.3 Å². The molecule has 182 valence electrons. The lowest BCUT2D eigenvalue weighted by atomic mass is 10.0. The van der Waals surface area contributed by atoms with E-state index in [1.165, 1.54) is 6.07 Å². The van der Waals surface area contributed by atoms with Crippen molar-refractivity contribution in [1.29, 1.82) is 0 Å². The molecule has 1 heterocycles. The van der Waals surface area contributed by atoms with Crippen LogP contribution in [0.5, 0.6) is 0 Å². The predicted molar refractivity (Wildman–Crippen MR) is 117 cm³/mol. The Balaban J connectivity index is 1.68. The highest BCUT2D eigenvalue weighted by atomic mass is 32.2. The van der Waals surface area contributed by atoms with E-state index >= 15 is 0 Å². The van der Waals surface area contributed by atoms with E-state index in [-0.39, 0.29) is 23.8 Å². The van der Waals surface area contributed by atoms with Crippen molar-refractivity contribution in [1.82, 2.24) is 15.5 Å². The summed E-state index contributed by atoms with van der Waals surface area (Å²) in [7, 11) is -3.88. The molecule has 4 N–H and O–H groups in total. The number of aromatic nitrogens is 2. The minimum absolute atomic E-state index is 0.0231. The van der Waals surface area contributed by atoms with E-state index in [9.17, 15) is 26.4 Å². The number of alkyl carbamates (subject to hydrolysis) is 1. The summed E-state index contributed by atoms with van der Waals surface area (Å²) >= 11 is 0. The summed E-state index contributed by atoms with van der Waals surface area (Å²) in [5.74, 6) is 0.376. The van der Waals surface area contributed by atoms with E-state index in [4.69, 9.17) is 4.74 Å². The number of aromatic amines is 1. The zero-order valence-electron chi connectivity index (χ0n) is 18.3. The standard InChI is InChI=1S/C20H26F3N5O4S/c1-11(2)24-19(29)32-14-6-4-12(8-14)17-10-18(27-26-17)25-13-5-7-16(28-33(3,30)31)15(9-13)20(21,22)23/h5,7,9-12,14,28H,4,6,8H2,1-3H3,(H,24,29)(H2,25,26,27)/t12-,14+/m0/s1. The first-order chi connectivity index (χ1) is 15.3. The first-order valence-electron chi connectivity index (χ1n) is 10.3. The Kier molecular flexibility index (Phi) is 7.10. The molecule has 1 aromatic carbocycles. The van der Waals surface area contributed by atoms with Crippen LogP contribution in [0, 0.1) is 0 Å². The number of rotatable bonds is 7. The second-order valence-electron chi connectivity index (χ2n) is 8.30. The van der Waals surface area contributed by atoms with Crippen molar-refractivity contribution in [3.63, 3.8) is 0 Å². The Morgan fingerprint density at radius 2 is 1.97 bits per heavy atom. The third kappa shape index (κ3) is 7.01. The molecule has 0 unspecified atom stereocenters. The highest BCUT2D eigenvalue weighted by Crippen LogP contribution is 2.38. The minimum Gasteiger partial charge on any atom is -0.446 e. The molecule has 1 aliphatic rings. The van der Waals surface area contributed by atoms with E-state index < -0.39 is 33.5 Å². The van der Waals surface area contributed by atoms with Crippen molar-refractivity contribution in [3.05, 3.63) is 35.5 Å². The maximum Gasteiger partial charge on any atom is 0.418 e. The average Bonchev–Trinajstić information content (AvgIpc) is 3.29. The number of carbonyl (C=O) groups is 1. The Hall–Kier alpha value is -2.96. The van der Waals surface area contributed by atoms with Gasteiger partial charge in [0.15, 0.2) is 5.82 Å². The molecule has 1 fully saturated rings. The van der Waals surface area contributed by atoms with Crippen LogP contribution in [0.1, 0.15) is 50.3 Å². The third-order valence-electron chi connectivity index (χ3n) is 4.99. The van der Waals surface area contributed by atoms with Gasteiger partial charge in [-0.05, 0) is 51.3 Å². The summed E-state index contributed by atoms with van der Waals surface area (Å²) in [6.07, 6.45) is -2.60. The van der Waals surface area contributed by atoms with Crippen LogP contribution >= 0.6 is 0 Å². The van der Waals surface area contributed by atoms with Crippen LogP contribution in [0.25, 0.3) is 0 Å². The highest BCUT2D eigenvalue weighted by Gasteiger charge is 2.35. The molecule has 9 nitrogen and oxygen atoms in total. The summed E-state index contributed by atoms with van der Waals surface area (Å²) in [6, 6.07) is 4.85. The van der Waals surface area contributed by atoms with Crippen molar-refractivity contribution in [3.8, 4) is 0 Å². The number of sulfonamides is 1. The second kappa shape index (κ2) is 9.49. The number of hydrogen-bond acceptors (Lipinski definition) is 6. The van der Waals surface area contributed by atoms with Crippen LogP contribution in [0.3, 0.4) is 0 Å². The molecule has 1 aliphatic carbocycles. The van der Waals surface area contributed by atoms with Crippen molar-refractivity contribution in [2.45, 2.75) is 57.3 Å². The minimum atomic E-state index is -4.76. The zero-order valence-corrected chi connectivity index (χ0v) is 19.1. The number of carbonyl (C=O) groups excluding carboxylic acids is 1. The summed E-state index contributed by atoms with van der Waals surface area (Å²) in [5, 5.41) is 12.5. The lowest BCUT2D eigenvalue weighted by Crippen LogP contribution is -2.33. The average molecular weight is 490 g/mol. The molecule has 0 saturated heterocycles. The normalized spacial score (nSPS) is 18.9. The van der Waals surface area contributed by atoms with Crippen LogP contribution in [0.15, 0.2) is 24.3 Å². The second-order valence-corrected chi connectivity index (χ2v) is 10.1. The topological polar surface area (TPSA) is 125 Å². The smallest absolute Gasteiger partial charge is 0.418 e. The van der Waals surface area contributed by atoms with E-state index in [1.54, 1.807) is 6.07 Å². The lowest BCUT2D eigenvalue weighted by molar-refractivity contribution is -0.136. The lowest BCUT2D eigenvalue weighted by Gasteiger charge is -2.15. The number of nitrogens with zero attached hydrogens (tertiary/aromatic N) is 1. The number of halogens is 3. The summed E-state index contributed by atoms with van der Waals surface area (Å²) in [6.45, 7) is 3.68. The van der Waals surface area contributed by atoms with Gasteiger partial charge in [0.25, 0.3) is 0 Å². The first kappa shape index (κ1) is 24.7. The van der Waals surface area contributed by atoms with Crippen LogP contribution in [0.4, 0.5) is 35.2 Å². The quantitative estimate of drug-likeness (QED) is 0.459. The fourth-order valence-electron chi connectivity index (χ4n) is 3.65. The van der Waals surface area contributed by atoms with Gasteiger partial charge in [0.2, 0.25) is 10.0 Å². The number of hydrogen-bond donors (Lipinski definition) is 4. The molecule has 0 spiro atoms. The number of amides is 1. The van der Waals surface area contributed by atoms with Gasteiger partial charge in [0.1, 0.15) is 6.10 Å². The fraction of sp³-hybridized carbons (Fsp3) is 0.500. The maximum absolute atomic E-state index is 13.4. The molecular formula is C20H26F3N5O4S. The summed E-state index contributed by atoms with van der Waals surface area (Å²) in [4.78, 5) is 11.8. The van der Waals surface area contributed by atoms with Gasteiger partial charge in [-0.25, -0.2) is 13.2 Å². The van der Waals surface area contributed by atoms with Crippen LogP contribution in [-0.2, 0) is 20.9 Å². The maximum atomic E-state index is 13.4. The predicted octanol–water partition coefficient (Wildman–Crippen LogP) is 4.31. The van der Waals surface area contributed by atoms with Gasteiger partial charge < -0.3 is 15.4 Å². The molecule has 0 radical (unpaired) electrons. The highest BCUT2D eigenvalue weighted by molar-refractivity contribution is 7.92. The Morgan fingerprint density at radius 1 is 1.24 bits per heavy atom. The monoisotopic (exact) mass is 489 g/mol. The Morgan fingerprint density at radius 3 is 2.61 bits per heavy atom. The number of alkyl halides is 3. The Labute approximate surface area is 189 Å². The van der Waals surface area contributed by atoms with Gasteiger partial charge in [0.05, 0.1) is 17.5 Å². The fourth-order valence-corrected chi connectivity index (χ4v) is 4.23. The van der Waals surface area contributed by atoms with Crippen molar-refractivity contribution >= 4 is 33.3 Å². The van der Waals surface area contributed by atoms with Gasteiger partial charge in [-0.3, -0.25) is 9.82 Å². The summed E-state index contributed by atoms with van der Waals surface area (Å²) in [5.41, 5.74) is -0.808. The van der Waals surface area contributed by atoms with Crippen LogP contribution in [-0.4, -0.2) is 43.1 Å². The van der Waals surface area contributed by atoms with Crippen LogP contribution < -0.4 is 15.4 Å². The molecule has 0 bridgehead atoms. The molecule has 3 rings (SSSR count). The number of anilines is 3. The molecule has 0 aliphatic heterocycles. The molecule has 1 amide bonds. The number of nitrogens with one attached hydrogen (secondary N) is 4. The SMILES string of the molecule is CC(C)NC(=O)O[C@@H]1CC[C@H](c2cc(Nc3ccc(NS(C)(=O)=O)c(C(F)(F)F)c3)n[nH]2)C1. The Bertz CT molecular complexity index is 1100. The number of benzene rings is 1. The van der Waals surface area contributed by atoms with E-state index in [0.717, 1.165) is 30.5 Å². The number of H-pyrrole nitrogens is 1. The van der Waals surface area contributed by atoms with Gasteiger partial charge in [0, 0.05) is 29.4 Å². The summed E-state index contributed by atoms with van der Waals surface area (Å²) < 4.78 is 70.3. The van der Waals surface area contributed by atoms with Crippen LogP contribution in [0.2, 0.25) is 0 Å². The molecule has 1 saturated carbocycles. The molecular weight excluding hydrogens is 463 g/mol. The molecule has 2 atom stereocenters. The van der Waals surface area contributed by atoms with Gasteiger partial charge in [-0.1, -0.05) is 0 Å².